The molecule has 1 fully saturated rings. The average molecular weight is 190 g/mol. The van der Waals surface area contributed by atoms with Crippen LogP contribution in [0.1, 0.15) is 6.42 Å². The molecule has 1 heterocycles. The Kier molecular flexibility index (Phi) is 4.01. The summed E-state index contributed by atoms with van der Waals surface area (Å²) in [6.45, 7) is 1.03. The predicted molar refractivity (Wildman–Crippen MR) is 55.1 cm³/mol. The van der Waals surface area contributed by atoms with Gasteiger partial charge in [0.15, 0.2) is 5.11 Å². The van der Waals surface area contributed by atoms with Gasteiger partial charge in [-0.15, -0.1) is 0 Å². The van der Waals surface area contributed by atoms with Gasteiger partial charge in [0.2, 0.25) is 0 Å². The van der Waals surface area contributed by atoms with Crippen LogP contribution >= 0.6 is 24.0 Å². The minimum Gasteiger partial charge on any atom is -0.366 e. The Labute approximate surface area is 77.5 Å². The molecule has 0 aromatic carbocycles. The zero-order valence-electron chi connectivity index (χ0n) is 6.72. The van der Waals surface area contributed by atoms with Crippen LogP contribution in [0.2, 0.25) is 0 Å². The molecule has 2 N–H and O–H groups in total. The lowest BCUT2D eigenvalue weighted by atomic mass is 10.1. The number of hydrogen-bond donors (Lipinski definition) is 2. The van der Waals surface area contributed by atoms with E-state index in [1.54, 1.807) is 0 Å². The molecule has 0 saturated carbocycles. The smallest absolute Gasteiger partial charge is 0.166 e. The third kappa shape index (κ3) is 3.29. The molecule has 1 saturated heterocycles. The van der Waals surface area contributed by atoms with E-state index in [4.69, 9.17) is 12.2 Å². The van der Waals surface area contributed by atoms with Crippen LogP contribution in [0.25, 0.3) is 0 Å². The minimum atomic E-state index is 0.766. The van der Waals surface area contributed by atoms with E-state index in [1.807, 2.05) is 18.8 Å². The Morgan fingerprint density at radius 3 is 3.09 bits per heavy atom. The third-order valence-electron chi connectivity index (χ3n) is 1.80. The van der Waals surface area contributed by atoms with Crippen molar-refractivity contribution in [3.05, 3.63) is 0 Å². The maximum absolute atomic E-state index is 4.96. The first kappa shape index (κ1) is 9.13. The maximum Gasteiger partial charge on any atom is 0.166 e. The molecule has 2 nitrogen and oxygen atoms in total. The quantitative estimate of drug-likeness (QED) is 0.630. The van der Waals surface area contributed by atoms with Gasteiger partial charge in [-0.25, -0.2) is 0 Å². The molecule has 1 unspecified atom stereocenters. The summed E-state index contributed by atoms with van der Waals surface area (Å²) in [6.07, 6.45) is 1.34. The summed E-state index contributed by atoms with van der Waals surface area (Å²) in [4.78, 5) is 0. The van der Waals surface area contributed by atoms with Gasteiger partial charge in [-0.2, -0.15) is 11.8 Å². The molecule has 1 aliphatic heterocycles. The molecule has 0 spiro atoms. The largest absolute Gasteiger partial charge is 0.366 e. The first-order valence-corrected chi connectivity index (χ1v) is 5.42. The second-order valence-corrected chi connectivity index (χ2v) is 4.25. The lowest BCUT2D eigenvalue weighted by molar-refractivity contribution is 0.579. The summed E-state index contributed by atoms with van der Waals surface area (Å²) < 4.78 is 0. The second-order valence-electron chi connectivity index (χ2n) is 2.69. The van der Waals surface area contributed by atoms with Crippen LogP contribution in [0.3, 0.4) is 0 Å². The van der Waals surface area contributed by atoms with Crippen molar-refractivity contribution in [1.29, 1.82) is 0 Å². The van der Waals surface area contributed by atoms with Crippen molar-refractivity contribution in [3.63, 3.8) is 0 Å². The molecule has 1 aliphatic rings. The van der Waals surface area contributed by atoms with Gasteiger partial charge in [-0.3, -0.25) is 0 Å². The van der Waals surface area contributed by atoms with Gasteiger partial charge in [0.05, 0.1) is 0 Å². The number of thiocarbonyl (C=S) groups is 1. The molecule has 0 aliphatic carbocycles. The topological polar surface area (TPSA) is 24.1 Å². The molecule has 0 amide bonds. The van der Waals surface area contributed by atoms with Crippen molar-refractivity contribution in [2.75, 3.05) is 25.1 Å². The van der Waals surface area contributed by atoms with Crippen LogP contribution in [-0.2, 0) is 0 Å². The summed E-state index contributed by atoms with van der Waals surface area (Å²) in [5.74, 6) is 3.43. The summed E-state index contributed by atoms with van der Waals surface area (Å²) in [7, 11) is 1.85. The molecule has 1 atom stereocenters. The van der Waals surface area contributed by atoms with Gasteiger partial charge in [-0.1, -0.05) is 0 Å². The first-order valence-electron chi connectivity index (χ1n) is 3.86. The summed E-state index contributed by atoms with van der Waals surface area (Å²) in [5, 5.41) is 6.85. The zero-order chi connectivity index (χ0) is 8.10. The van der Waals surface area contributed by atoms with E-state index in [0.717, 1.165) is 17.6 Å². The van der Waals surface area contributed by atoms with Crippen molar-refractivity contribution < 1.29 is 0 Å². The molecule has 11 heavy (non-hydrogen) atoms. The Morgan fingerprint density at radius 1 is 1.73 bits per heavy atom. The number of rotatable bonds is 2. The van der Waals surface area contributed by atoms with Crippen molar-refractivity contribution in [3.8, 4) is 0 Å². The van der Waals surface area contributed by atoms with Crippen LogP contribution in [0.4, 0.5) is 0 Å². The van der Waals surface area contributed by atoms with E-state index >= 15 is 0 Å². The zero-order valence-corrected chi connectivity index (χ0v) is 8.36. The molecule has 0 aromatic heterocycles. The highest BCUT2D eigenvalue weighted by Crippen LogP contribution is 2.22. The van der Waals surface area contributed by atoms with Crippen LogP contribution in [0.15, 0.2) is 0 Å². The van der Waals surface area contributed by atoms with Crippen molar-refractivity contribution in [2.45, 2.75) is 6.42 Å². The lowest BCUT2D eigenvalue weighted by Crippen LogP contribution is -2.35. The molecule has 0 bridgehead atoms. The SMILES string of the molecule is CNC(=S)NCC1CCSC1. The number of nitrogens with one attached hydrogen (secondary N) is 2. The second kappa shape index (κ2) is 4.83. The van der Waals surface area contributed by atoms with Crippen molar-refractivity contribution in [1.82, 2.24) is 10.6 Å². The van der Waals surface area contributed by atoms with E-state index in [-0.39, 0.29) is 0 Å². The van der Waals surface area contributed by atoms with Gasteiger partial charge in [0.25, 0.3) is 0 Å². The molecular formula is C7H14N2S2. The van der Waals surface area contributed by atoms with E-state index in [9.17, 15) is 0 Å². The van der Waals surface area contributed by atoms with Gasteiger partial charge in [0.1, 0.15) is 0 Å². The Morgan fingerprint density at radius 2 is 2.55 bits per heavy atom. The average Bonchev–Trinajstić information content (AvgIpc) is 2.52. The molecule has 1 rings (SSSR count). The van der Waals surface area contributed by atoms with Gasteiger partial charge < -0.3 is 10.6 Å². The third-order valence-corrected chi connectivity index (χ3v) is 3.38. The maximum atomic E-state index is 4.96. The summed E-state index contributed by atoms with van der Waals surface area (Å²) >= 11 is 7.00. The fourth-order valence-electron chi connectivity index (χ4n) is 1.07. The highest BCUT2D eigenvalue weighted by atomic mass is 32.2. The highest BCUT2D eigenvalue weighted by molar-refractivity contribution is 7.99. The molecular weight excluding hydrogens is 176 g/mol. The van der Waals surface area contributed by atoms with Crippen LogP contribution < -0.4 is 10.6 Å². The number of thioether (sulfide) groups is 1. The van der Waals surface area contributed by atoms with Gasteiger partial charge >= 0.3 is 0 Å². The van der Waals surface area contributed by atoms with Crippen molar-refractivity contribution >= 4 is 29.1 Å². The lowest BCUT2D eigenvalue weighted by Gasteiger charge is -2.10. The minimum absolute atomic E-state index is 0.766. The summed E-state index contributed by atoms with van der Waals surface area (Å²) in [5.41, 5.74) is 0. The van der Waals surface area contributed by atoms with Crippen LogP contribution in [0, 0.1) is 5.92 Å². The fraction of sp³-hybridized carbons (Fsp3) is 0.857. The van der Waals surface area contributed by atoms with E-state index < -0.39 is 0 Å². The Hall–Kier alpha value is 0.0400. The van der Waals surface area contributed by atoms with Crippen LogP contribution in [0.5, 0.6) is 0 Å². The monoisotopic (exact) mass is 190 g/mol. The normalized spacial score (nSPS) is 23.2. The fourth-order valence-corrected chi connectivity index (χ4v) is 2.44. The predicted octanol–water partition coefficient (Wildman–Crippen LogP) is 0.833. The van der Waals surface area contributed by atoms with Crippen molar-refractivity contribution in [2.24, 2.45) is 5.92 Å². The highest BCUT2D eigenvalue weighted by Gasteiger charge is 2.14. The first-order chi connectivity index (χ1) is 5.33. The van der Waals surface area contributed by atoms with Gasteiger partial charge in [-0.05, 0) is 36.1 Å². The molecule has 0 aromatic rings. The van der Waals surface area contributed by atoms with Crippen LogP contribution in [-0.4, -0.2) is 30.2 Å². The Balaban J connectivity index is 2.06. The van der Waals surface area contributed by atoms with Gasteiger partial charge in [0, 0.05) is 13.6 Å². The molecule has 4 heteroatoms. The molecule has 64 valence electrons. The van der Waals surface area contributed by atoms with E-state index in [2.05, 4.69) is 10.6 Å². The Bertz CT molecular complexity index is 132. The summed E-state index contributed by atoms with van der Waals surface area (Å²) in [6, 6.07) is 0. The number of hydrogen-bond acceptors (Lipinski definition) is 2. The standard InChI is InChI=1S/C7H14N2S2/c1-8-7(10)9-4-6-2-3-11-5-6/h6H,2-5H2,1H3,(H2,8,9,10). The van der Waals surface area contributed by atoms with E-state index in [1.165, 1.54) is 17.9 Å². The van der Waals surface area contributed by atoms with E-state index in [0.29, 0.717) is 0 Å². The molecule has 0 radical (unpaired) electrons.